The summed E-state index contributed by atoms with van der Waals surface area (Å²) in [5.74, 6) is -0.402. The number of likely N-dealkylation sites (tertiary alicyclic amines) is 1. The number of hydrogen-bond acceptors (Lipinski definition) is 4. The number of pyridine rings is 1. The summed E-state index contributed by atoms with van der Waals surface area (Å²) in [6.07, 6.45) is 8.46. The molecule has 4 rings (SSSR count). The summed E-state index contributed by atoms with van der Waals surface area (Å²) in [5.41, 5.74) is 0.290. The number of aromatic nitrogens is 1. The summed E-state index contributed by atoms with van der Waals surface area (Å²) in [5, 5.41) is 2.83. The van der Waals surface area contributed by atoms with Crippen LogP contribution in [0.4, 0.5) is 4.79 Å². The fourth-order valence-corrected chi connectivity index (χ4v) is 4.36. The molecule has 0 aromatic carbocycles. The summed E-state index contributed by atoms with van der Waals surface area (Å²) in [7, 11) is 0. The summed E-state index contributed by atoms with van der Waals surface area (Å²) < 4.78 is 0. The number of urea groups is 1. The molecule has 0 bridgehead atoms. The van der Waals surface area contributed by atoms with Crippen molar-refractivity contribution >= 4 is 17.8 Å². The van der Waals surface area contributed by atoms with Gasteiger partial charge in [0.15, 0.2) is 0 Å². The number of hydrogen-bond donors (Lipinski definition) is 1. The van der Waals surface area contributed by atoms with Crippen molar-refractivity contribution in [1.82, 2.24) is 20.1 Å². The summed E-state index contributed by atoms with van der Waals surface area (Å²) >= 11 is 0. The first-order valence-electron chi connectivity index (χ1n) is 8.94. The number of rotatable bonds is 3. The van der Waals surface area contributed by atoms with Gasteiger partial charge in [0.05, 0.1) is 6.04 Å². The molecule has 1 spiro atoms. The maximum Gasteiger partial charge on any atom is 0.325 e. The molecular formula is C18H22N4O3. The van der Waals surface area contributed by atoms with Crippen LogP contribution in [0.1, 0.15) is 50.1 Å². The Kier molecular flexibility index (Phi) is 3.94. The molecule has 2 saturated heterocycles. The third-order valence-corrected chi connectivity index (χ3v) is 5.66. The fourth-order valence-electron chi connectivity index (χ4n) is 4.36. The van der Waals surface area contributed by atoms with Gasteiger partial charge >= 0.3 is 6.03 Å². The topological polar surface area (TPSA) is 82.6 Å². The van der Waals surface area contributed by atoms with Gasteiger partial charge in [0.25, 0.3) is 5.91 Å². The Balaban J connectivity index is 1.48. The predicted octanol–water partition coefficient (Wildman–Crippen LogP) is 1.61. The van der Waals surface area contributed by atoms with E-state index >= 15 is 0 Å². The molecule has 3 fully saturated rings. The lowest BCUT2D eigenvalue weighted by Crippen LogP contribution is -2.46. The zero-order valence-corrected chi connectivity index (χ0v) is 14.1. The SMILES string of the molecule is O=C1NC2(CCCC2)C(=O)N1CC(=O)N1CCC[C@H]1c1ccncc1. The van der Waals surface area contributed by atoms with Crippen LogP contribution < -0.4 is 5.32 Å². The first-order valence-corrected chi connectivity index (χ1v) is 8.94. The maximum absolute atomic E-state index is 12.8. The van der Waals surface area contributed by atoms with E-state index in [0.717, 1.165) is 36.1 Å². The van der Waals surface area contributed by atoms with Gasteiger partial charge < -0.3 is 10.2 Å². The second kappa shape index (κ2) is 6.13. The third kappa shape index (κ3) is 2.67. The van der Waals surface area contributed by atoms with Gasteiger partial charge in [-0.05, 0) is 43.4 Å². The molecule has 1 saturated carbocycles. The highest BCUT2D eigenvalue weighted by Gasteiger charge is 2.53. The second-order valence-corrected chi connectivity index (χ2v) is 7.14. The van der Waals surface area contributed by atoms with Gasteiger partial charge in [0, 0.05) is 18.9 Å². The van der Waals surface area contributed by atoms with Crippen molar-refractivity contribution in [2.24, 2.45) is 0 Å². The zero-order valence-electron chi connectivity index (χ0n) is 14.1. The van der Waals surface area contributed by atoms with Crippen molar-refractivity contribution in [1.29, 1.82) is 0 Å². The van der Waals surface area contributed by atoms with Crippen LogP contribution in [0, 0.1) is 0 Å². The quantitative estimate of drug-likeness (QED) is 0.846. The normalized spacial score (nSPS) is 25.0. The van der Waals surface area contributed by atoms with Gasteiger partial charge in [0.1, 0.15) is 12.1 Å². The van der Waals surface area contributed by atoms with E-state index < -0.39 is 11.6 Å². The lowest BCUT2D eigenvalue weighted by atomic mass is 9.98. The van der Waals surface area contributed by atoms with Crippen LogP contribution >= 0.6 is 0 Å². The lowest BCUT2D eigenvalue weighted by Gasteiger charge is -2.27. The van der Waals surface area contributed by atoms with Crippen LogP contribution in [0.5, 0.6) is 0 Å². The molecular weight excluding hydrogens is 320 g/mol. The monoisotopic (exact) mass is 342 g/mol. The number of carbonyl (C=O) groups is 3. The molecule has 0 unspecified atom stereocenters. The highest BCUT2D eigenvalue weighted by atomic mass is 16.2. The van der Waals surface area contributed by atoms with Gasteiger partial charge in [0.2, 0.25) is 5.91 Å². The van der Waals surface area contributed by atoms with Crippen LogP contribution in [-0.2, 0) is 9.59 Å². The Hall–Kier alpha value is -2.44. The summed E-state index contributed by atoms with van der Waals surface area (Å²) in [6.45, 7) is 0.481. The second-order valence-electron chi connectivity index (χ2n) is 7.14. The van der Waals surface area contributed by atoms with Crippen molar-refractivity contribution in [2.75, 3.05) is 13.1 Å². The Morgan fingerprint density at radius 1 is 1.20 bits per heavy atom. The van der Waals surface area contributed by atoms with Crippen molar-refractivity contribution < 1.29 is 14.4 Å². The van der Waals surface area contributed by atoms with E-state index in [4.69, 9.17) is 0 Å². The van der Waals surface area contributed by atoms with Gasteiger partial charge in [-0.1, -0.05) is 12.8 Å². The molecule has 1 aromatic heterocycles. The minimum absolute atomic E-state index is 0.00305. The van der Waals surface area contributed by atoms with Crippen molar-refractivity contribution in [2.45, 2.75) is 50.1 Å². The molecule has 3 heterocycles. The Morgan fingerprint density at radius 3 is 2.64 bits per heavy atom. The number of carbonyl (C=O) groups excluding carboxylic acids is 3. The molecule has 2 aliphatic heterocycles. The Bertz CT molecular complexity index is 700. The van der Waals surface area contributed by atoms with Crippen LogP contribution in [-0.4, -0.2) is 51.3 Å². The highest BCUT2D eigenvalue weighted by Crippen LogP contribution is 2.36. The smallest absolute Gasteiger partial charge is 0.325 e. The molecule has 1 aromatic rings. The third-order valence-electron chi connectivity index (χ3n) is 5.66. The van der Waals surface area contributed by atoms with Gasteiger partial charge in [-0.2, -0.15) is 0 Å². The molecule has 25 heavy (non-hydrogen) atoms. The molecule has 0 radical (unpaired) electrons. The van der Waals surface area contributed by atoms with Crippen LogP contribution in [0.2, 0.25) is 0 Å². The first kappa shape index (κ1) is 16.1. The van der Waals surface area contributed by atoms with Crippen LogP contribution in [0.25, 0.3) is 0 Å². The highest BCUT2D eigenvalue weighted by molar-refractivity contribution is 6.09. The minimum atomic E-state index is -0.757. The lowest BCUT2D eigenvalue weighted by molar-refractivity contribution is -0.139. The average Bonchev–Trinajstić information content (AvgIpc) is 3.33. The fraction of sp³-hybridized carbons (Fsp3) is 0.556. The largest absolute Gasteiger partial charge is 0.334 e. The first-order chi connectivity index (χ1) is 12.1. The van der Waals surface area contributed by atoms with E-state index in [1.54, 1.807) is 17.3 Å². The molecule has 7 nitrogen and oxygen atoms in total. The summed E-state index contributed by atoms with van der Waals surface area (Å²) in [6, 6.07) is 3.39. The molecule has 7 heteroatoms. The molecule has 4 amide bonds. The molecule has 3 aliphatic rings. The average molecular weight is 342 g/mol. The van der Waals surface area contributed by atoms with Gasteiger partial charge in [-0.3, -0.25) is 19.5 Å². The van der Waals surface area contributed by atoms with Crippen LogP contribution in [0.3, 0.4) is 0 Å². The number of imide groups is 1. The molecule has 1 aliphatic carbocycles. The standard InChI is InChI=1S/C18H22N4O3/c23-15(21-11-3-4-14(21)13-5-9-19-10-6-13)12-22-16(24)18(20-17(22)25)7-1-2-8-18/h5-6,9-10,14H,1-4,7-8,11-12H2,(H,20,25)/t14-/m0/s1. The molecule has 132 valence electrons. The van der Waals surface area contributed by atoms with Crippen molar-refractivity contribution in [3.05, 3.63) is 30.1 Å². The van der Waals surface area contributed by atoms with Gasteiger partial charge in [-0.25, -0.2) is 4.79 Å². The summed E-state index contributed by atoms with van der Waals surface area (Å²) in [4.78, 5) is 44.7. The number of nitrogens with zero attached hydrogens (tertiary/aromatic N) is 3. The van der Waals surface area contributed by atoms with Crippen LogP contribution in [0.15, 0.2) is 24.5 Å². The van der Waals surface area contributed by atoms with Gasteiger partial charge in [-0.15, -0.1) is 0 Å². The van der Waals surface area contributed by atoms with E-state index in [1.165, 1.54) is 0 Å². The van der Waals surface area contributed by atoms with Crippen molar-refractivity contribution in [3.8, 4) is 0 Å². The zero-order chi connectivity index (χ0) is 17.4. The Labute approximate surface area is 146 Å². The molecule has 1 atom stereocenters. The van der Waals surface area contributed by atoms with E-state index in [0.29, 0.717) is 19.4 Å². The number of nitrogens with one attached hydrogen (secondary N) is 1. The van der Waals surface area contributed by atoms with E-state index in [1.807, 2.05) is 12.1 Å². The van der Waals surface area contributed by atoms with E-state index in [9.17, 15) is 14.4 Å². The predicted molar refractivity (Wildman–Crippen MR) is 89.4 cm³/mol. The van der Waals surface area contributed by atoms with E-state index in [-0.39, 0.29) is 24.4 Å². The number of amides is 4. The minimum Gasteiger partial charge on any atom is -0.334 e. The Morgan fingerprint density at radius 2 is 1.92 bits per heavy atom. The van der Waals surface area contributed by atoms with Crippen molar-refractivity contribution in [3.63, 3.8) is 0 Å². The maximum atomic E-state index is 12.8. The molecule has 1 N–H and O–H groups in total. The van der Waals surface area contributed by atoms with E-state index in [2.05, 4.69) is 10.3 Å².